The Morgan fingerprint density at radius 1 is 0.857 bits per heavy atom. The summed E-state index contributed by atoms with van der Waals surface area (Å²) in [5, 5.41) is 0. The van der Waals surface area contributed by atoms with Gasteiger partial charge in [0.25, 0.3) is 0 Å². The molecule has 0 saturated carbocycles. The molecule has 1 rings (SSSR count). The zero-order valence-electron chi connectivity index (χ0n) is 10.5. The summed E-state index contributed by atoms with van der Waals surface area (Å²) in [4.78, 5) is 3.95. The van der Waals surface area contributed by atoms with Crippen molar-refractivity contribution in [1.29, 1.82) is 0 Å². The molecule has 0 bridgehead atoms. The van der Waals surface area contributed by atoms with Crippen LogP contribution < -0.4 is 0 Å². The Morgan fingerprint density at radius 2 is 1.29 bits per heavy atom. The fraction of sp³-hybridized carbons (Fsp3) is 0.167. The van der Waals surface area contributed by atoms with Gasteiger partial charge in [-0.1, -0.05) is 0 Å². The molecule has 0 unspecified atom stereocenters. The molecule has 1 aromatic rings. The van der Waals surface area contributed by atoms with Crippen molar-refractivity contribution in [3.63, 3.8) is 0 Å². The van der Waals surface area contributed by atoms with Gasteiger partial charge in [-0.25, -0.2) is 0 Å². The van der Waals surface area contributed by atoms with Gasteiger partial charge >= 0.3 is 19.8 Å². The minimum atomic E-state index is 0. The Morgan fingerprint density at radius 3 is 1.50 bits per heavy atom. The van der Waals surface area contributed by atoms with Gasteiger partial charge in [-0.2, -0.15) is 0 Å². The average Bonchev–Trinajstić information content (AvgIpc) is 1.77. The molecule has 0 saturated heterocycles. The summed E-state index contributed by atoms with van der Waals surface area (Å²) < 4.78 is 0. The summed E-state index contributed by atoms with van der Waals surface area (Å²) in [7, 11) is 0. The van der Waals surface area contributed by atoms with E-state index < -0.39 is 0 Å². The fourth-order valence-corrected chi connectivity index (χ4v) is 0.543. The van der Waals surface area contributed by atoms with Gasteiger partial charge in [-0.05, 0) is 31.0 Å². The van der Waals surface area contributed by atoms with Crippen LogP contribution in [-0.2, 0) is 19.8 Å². The van der Waals surface area contributed by atoms with E-state index in [-0.39, 0.29) is 56.9 Å². The minimum absolute atomic E-state index is 0. The molecule has 0 fully saturated rings. The molecule has 1 aromatic heterocycles. The van der Waals surface area contributed by atoms with Crippen LogP contribution in [0.5, 0.6) is 0 Å². The van der Waals surface area contributed by atoms with Gasteiger partial charge in [-0.15, -0.1) is 0 Å². The van der Waals surface area contributed by atoms with Crippen molar-refractivity contribution < 1.29 is 19.8 Å². The second-order valence-corrected chi connectivity index (χ2v) is 1.96. The average molecular weight is 373 g/mol. The number of pyridine rings is 1. The van der Waals surface area contributed by atoms with Gasteiger partial charge in [0.1, 0.15) is 0 Å². The first-order chi connectivity index (χ1) is 3.80. The van der Waals surface area contributed by atoms with Crippen molar-refractivity contribution in [2.45, 2.75) is 13.8 Å². The van der Waals surface area contributed by atoms with Crippen molar-refractivity contribution in [1.82, 2.24) is 4.98 Å². The molecule has 0 aliphatic heterocycles. The first kappa shape index (κ1) is 37.2. The third kappa shape index (κ3) is 11.8. The largest absolute Gasteiger partial charge is 5.00 e. The fourth-order valence-electron chi connectivity index (χ4n) is 0.543. The van der Waals surface area contributed by atoms with Crippen LogP contribution in [0.25, 0.3) is 0 Å². The zero-order chi connectivity index (χ0) is 5.98. The van der Waals surface area contributed by atoms with E-state index in [4.69, 9.17) is 0 Å². The molecule has 0 aromatic carbocycles. The Balaban J connectivity index is -0.0000000267. The van der Waals surface area contributed by atoms with E-state index in [1.165, 1.54) is 11.1 Å². The normalized spacial score (nSPS) is 5.29. The Kier molecular flexibility index (Phi) is 49.3. The Bertz CT molecular complexity index is 166. The zero-order valence-corrected chi connectivity index (χ0v) is 13.1. The molecule has 2 heteroatoms. The van der Waals surface area contributed by atoms with E-state index in [1.54, 1.807) is 0 Å². The van der Waals surface area contributed by atoms with Crippen molar-refractivity contribution in [3.05, 3.63) is 66.7 Å². The monoisotopic (exact) mass is 374 g/mol. The van der Waals surface area contributed by atoms with Crippen LogP contribution in [0.1, 0.15) is 11.1 Å². The second kappa shape index (κ2) is 18.5. The molecule has 0 aliphatic rings. The van der Waals surface area contributed by atoms with Crippen molar-refractivity contribution in [2.24, 2.45) is 0 Å². The predicted molar refractivity (Wildman–Crippen MR) is 65.8 cm³/mol. The second-order valence-electron chi connectivity index (χ2n) is 1.96. The van der Waals surface area contributed by atoms with Crippen LogP contribution in [0.15, 0.2) is 18.5 Å². The SMILES string of the molecule is Cc1ccncc1C.[CH3-].[CH3-].[CH3-].[CH3-].[CH3-].[Os+5]. The van der Waals surface area contributed by atoms with Gasteiger partial charge in [0.15, 0.2) is 0 Å². The molecular weight excluding hydrogens is 348 g/mol. The minimum Gasteiger partial charge on any atom is -0.358 e. The first-order valence-electron chi connectivity index (χ1n) is 2.68. The molecule has 1 nitrogen and oxygen atoms in total. The van der Waals surface area contributed by atoms with Crippen LogP contribution in [0.2, 0.25) is 0 Å². The summed E-state index contributed by atoms with van der Waals surface area (Å²) in [6.07, 6.45) is 3.68. The topological polar surface area (TPSA) is 12.9 Å². The van der Waals surface area contributed by atoms with Crippen LogP contribution >= 0.6 is 0 Å². The van der Waals surface area contributed by atoms with Crippen LogP contribution in [-0.4, -0.2) is 4.98 Å². The Labute approximate surface area is 105 Å². The van der Waals surface area contributed by atoms with Gasteiger partial charge < -0.3 is 37.1 Å². The molecule has 0 atom stereocenters. The summed E-state index contributed by atoms with van der Waals surface area (Å²) in [5.41, 5.74) is 2.56. The number of aromatic nitrogens is 1. The summed E-state index contributed by atoms with van der Waals surface area (Å²) in [6.45, 7) is 4.14. The van der Waals surface area contributed by atoms with Crippen molar-refractivity contribution in [3.8, 4) is 0 Å². The molecule has 0 spiro atoms. The van der Waals surface area contributed by atoms with Gasteiger partial charge in [0, 0.05) is 12.4 Å². The van der Waals surface area contributed by atoms with E-state index in [0.29, 0.717) is 0 Å². The molecule has 1 heterocycles. The van der Waals surface area contributed by atoms with E-state index in [2.05, 4.69) is 18.8 Å². The van der Waals surface area contributed by atoms with Gasteiger partial charge in [0.05, 0.1) is 0 Å². The first-order valence-corrected chi connectivity index (χ1v) is 2.68. The summed E-state index contributed by atoms with van der Waals surface area (Å²) in [6, 6.07) is 2.01. The predicted octanol–water partition coefficient (Wildman–Crippen LogP) is 3.95. The van der Waals surface area contributed by atoms with Gasteiger partial charge in [-0.3, -0.25) is 4.98 Å². The third-order valence-electron chi connectivity index (χ3n) is 1.30. The van der Waals surface area contributed by atoms with Crippen molar-refractivity contribution >= 4 is 0 Å². The number of hydrogen-bond acceptors (Lipinski definition) is 1. The van der Waals surface area contributed by atoms with Crippen LogP contribution in [0, 0.1) is 51.0 Å². The smallest absolute Gasteiger partial charge is 0.358 e. The standard InChI is InChI=1S/C7H9N.5CH3.Os/c1-6-3-4-8-5-7(6)2;;;;;;/h3-5H,1-2H3;5*1H3;/q;5*-1;+5. The van der Waals surface area contributed by atoms with E-state index in [0.717, 1.165) is 0 Å². The molecule has 14 heavy (non-hydrogen) atoms. The number of hydrogen-bond donors (Lipinski definition) is 0. The third-order valence-corrected chi connectivity index (χ3v) is 1.30. The molecule has 85 valence electrons. The summed E-state index contributed by atoms with van der Waals surface area (Å²) in [5.74, 6) is 0. The maximum atomic E-state index is 3.95. The quantitative estimate of drug-likeness (QED) is 0.629. The number of aryl methyl sites for hydroxylation is 2. The van der Waals surface area contributed by atoms with E-state index in [1.807, 2.05) is 18.5 Å². The van der Waals surface area contributed by atoms with Gasteiger partial charge in [0.2, 0.25) is 0 Å². The maximum Gasteiger partial charge on any atom is 5.00 e. The molecule has 0 aliphatic carbocycles. The van der Waals surface area contributed by atoms with Crippen molar-refractivity contribution in [2.75, 3.05) is 0 Å². The van der Waals surface area contributed by atoms with E-state index >= 15 is 0 Å². The number of rotatable bonds is 0. The van der Waals surface area contributed by atoms with E-state index in [9.17, 15) is 0 Å². The molecule has 1 radical (unpaired) electrons. The Hall–Kier alpha value is -0.214. The maximum absolute atomic E-state index is 3.95. The molecular formula is C12H24NOs. The molecule has 0 amide bonds. The van der Waals surface area contributed by atoms with Crippen LogP contribution in [0.3, 0.4) is 0 Å². The molecule has 0 N–H and O–H groups in total. The van der Waals surface area contributed by atoms with Crippen LogP contribution in [0.4, 0.5) is 0 Å². The summed E-state index contributed by atoms with van der Waals surface area (Å²) >= 11 is 0. The number of nitrogens with zero attached hydrogens (tertiary/aromatic N) is 1.